The van der Waals surface area contributed by atoms with Crippen LogP contribution in [0.4, 0.5) is 5.82 Å². The number of anilines is 1. The third-order valence-corrected chi connectivity index (χ3v) is 7.13. The number of benzene rings is 2. The number of fused-ring (bicyclic) bond motifs is 2. The van der Waals surface area contributed by atoms with Gasteiger partial charge in [0, 0.05) is 38.1 Å². The van der Waals surface area contributed by atoms with Crippen LogP contribution < -0.4 is 9.64 Å². The molecule has 0 bridgehead atoms. The van der Waals surface area contributed by atoms with Crippen LogP contribution in [0.15, 0.2) is 42.5 Å². The first-order valence-corrected chi connectivity index (χ1v) is 11.8. The fourth-order valence-corrected chi connectivity index (χ4v) is 5.36. The summed E-state index contributed by atoms with van der Waals surface area (Å²) in [5.41, 5.74) is 0.839. The number of carbonyl (C=O) groups excluding carboxylic acids is 2. The molecule has 0 saturated carbocycles. The van der Waals surface area contributed by atoms with Gasteiger partial charge in [0.15, 0.2) is 0 Å². The van der Waals surface area contributed by atoms with E-state index in [0.29, 0.717) is 23.4 Å². The standard InChI is InChI=1S/C24H26N4O3S/c1-31-19-9-6-8-18-21(19)24(30)28(23(18)29)12-5-4-11-26-13-15-27(16-14-26)22-17-7-2-3-10-20(17)32-25-22/h2-3,6-10H,4-5,11-16H2,1H3. The number of aromatic nitrogens is 1. The molecule has 2 aromatic carbocycles. The predicted molar refractivity (Wildman–Crippen MR) is 126 cm³/mol. The third kappa shape index (κ3) is 3.73. The first-order valence-electron chi connectivity index (χ1n) is 11.0. The van der Waals surface area contributed by atoms with Crippen molar-refractivity contribution in [1.29, 1.82) is 0 Å². The van der Waals surface area contributed by atoms with Crippen LogP contribution in [0.1, 0.15) is 33.6 Å². The Kier molecular flexibility index (Phi) is 5.80. The quantitative estimate of drug-likeness (QED) is 0.406. The maximum absolute atomic E-state index is 12.7. The molecule has 1 aromatic heterocycles. The molecule has 0 atom stereocenters. The molecule has 8 heteroatoms. The van der Waals surface area contributed by atoms with Gasteiger partial charge in [-0.25, -0.2) is 0 Å². The van der Waals surface area contributed by atoms with E-state index in [-0.39, 0.29) is 11.8 Å². The molecule has 3 heterocycles. The zero-order valence-corrected chi connectivity index (χ0v) is 18.9. The molecule has 0 spiro atoms. The van der Waals surface area contributed by atoms with Crippen LogP contribution in [0.25, 0.3) is 10.1 Å². The topological polar surface area (TPSA) is 66.0 Å². The maximum Gasteiger partial charge on any atom is 0.265 e. The number of hydrogen-bond donors (Lipinski definition) is 0. The van der Waals surface area contributed by atoms with E-state index >= 15 is 0 Å². The molecule has 32 heavy (non-hydrogen) atoms. The molecule has 0 unspecified atom stereocenters. The van der Waals surface area contributed by atoms with Crippen LogP contribution >= 0.6 is 11.5 Å². The number of imide groups is 1. The molecule has 2 aliphatic rings. The Hall–Kier alpha value is -2.97. The molecule has 0 N–H and O–H groups in total. The minimum atomic E-state index is -0.244. The zero-order chi connectivity index (χ0) is 22.1. The van der Waals surface area contributed by atoms with Gasteiger partial charge in [-0.05, 0) is 55.2 Å². The highest BCUT2D eigenvalue weighted by molar-refractivity contribution is 7.13. The second-order valence-electron chi connectivity index (χ2n) is 8.18. The number of hydrogen-bond acceptors (Lipinski definition) is 7. The van der Waals surface area contributed by atoms with Crippen molar-refractivity contribution in [2.24, 2.45) is 0 Å². The minimum Gasteiger partial charge on any atom is -0.496 e. The summed E-state index contributed by atoms with van der Waals surface area (Å²) < 4.78 is 11.2. The van der Waals surface area contributed by atoms with Gasteiger partial charge in [0.25, 0.3) is 11.8 Å². The second-order valence-corrected chi connectivity index (χ2v) is 8.99. The van der Waals surface area contributed by atoms with Gasteiger partial charge in [-0.2, -0.15) is 4.37 Å². The first kappa shape index (κ1) is 20.9. The van der Waals surface area contributed by atoms with Crippen molar-refractivity contribution in [1.82, 2.24) is 14.2 Å². The fraction of sp³-hybridized carbons (Fsp3) is 0.375. The number of ether oxygens (including phenoxy) is 1. The van der Waals surface area contributed by atoms with Crippen LogP contribution in [0.5, 0.6) is 5.75 Å². The number of amides is 2. The molecule has 0 radical (unpaired) electrons. The van der Waals surface area contributed by atoms with Gasteiger partial charge in [-0.3, -0.25) is 19.4 Å². The molecule has 2 aliphatic heterocycles. The van der Waals surface area contributed by atoms with E-state index in [9.17, 15) is 9.59 Å². The number of unbranched alkanes of at least 4 members (excludes halogenated alkanes) is 1. The van der Waals surface area contributed by atoms with Crippen molar-refractivity contribution >= 4 is 39.3 Å². The first-order chi connectivity index (χ1) is 15.7. The highest BCUT2D eigenvalue weighted by Gasteiger charge is 2.37. The van der Waals surface area contributed by atoms with Crippen molar-refractivity contribution in [3.63, 3.8) is 0 Å². The highest BCUT2D eigenvalue weighted by Crippen LogP contribution is 2.31. The Balaban J connectivity index is 1.10. The van der Waals surface area contributed by atoms with E-state index in [1.165, 1.54) is 22.1 Å². The Morgan fingerprint density at radius 3 is 2.53 bits per heavy atom. The van der Waals surface area contributed by atoms with Gasteiger partial charge in [0.2, 0.25) is 0 Å². The molecule has 7 nitrogen and oxygen atoms in total. The average molecular weight is 451 g/mol. The smallest absolute Gasteiger partial charge is 0.265 e. The molecular weight excluding hydrogens is 424 g/mol. The van der Waals surface area contributed by atoms with Crippen molar-refractivity contribution in [3.8, 4) is 5.75 Å². The molecule has 166 valence electrons. The van der Waals surface area contributed by atoms with Crippen LogP contribution in [0.2, 0.25) is 0 Å². The SMILES string of the molecule is COc1cccc2c1C(=O)N(CCCCN1CCN(c3nsc4ccccc34)CC1)C2=O. The molecular formula is C24H26N4O3S. The van der Waals surface area contributed by atoms with Crippen molar-refractivity contribution < 1.29 is 14.3 Å². The van der Waals surface area contributed by atoms with Gasteiger partial charge in [0.1, 0.15) is 11.6 Å². The number of carbonyl (C=O) groups is 2. The van der Waals surface area contributed by atoms with Gasteiger partial charge in [-0.1, -0.05) is 18.2 Å². The van der Waals surface area contributed by atoms with Gasteiger partial charge < -0.3 is 9.64 Å². The second kappa shape index (κ2) is 8.88. The maximum atomic E-state index is 12.7. The monoisotopic (exact) mass is 450 g/mol. The van der Waals surface area contributed by atoms with E-state index in [4.69, 9.17) is 4.74 Å². The zero-order valence-electron chi connectivity index (χ0n) is 18.1. The predicted octanol–water partition coefficient (Wildman–Crippen LogP) is 3.50. The summed E-state index contributed by atoms with van der Waals surface area (Å²) >= 11 is 1.56. The Labute approximate surface area is 191 Å². The Morgan fingerprint density at radius 2 is 1.72 bits per heavy atom. The summed E-state index contributed by atoms with van der Waals surface area (Å²) in [5.74, 6) is 1.11. The van der Waals surface area contributed by atoms with Crippen molar-refractivity contribution in [3.05, 3.63) is 53.6 Å². The number of rotatable bonds is 7. The lowest BCUT2D eigenvalue weighted by Gasteiger charge is -2.35. The summed E-state index contributed by atoms with van der Waals surface area (Å²) in [6.07, 6.45) is 1.74. The molecule has 0 aliphatic carbocycles. The highest BCUT2D eigenvalue weighted by atomic mass is 32.1. The van der Waals surface area contributed by atoms with Gasteiger partial charge in [0.05, 0.1) is 22.9 Å². The molecule has 3 aromatic rings. The van der Waals surface area contributed by atoms with E-state index in [0.717, 1.165) is 51.4 Å². The summed E-state index contributed by atoms with van der Waals surface area (Å²) in [7, 11) is 1.52. The van der Waals surface area contributed by atoms with Crippen LogP contribution in [-0.2, 0) is 0 Å². The molecule has 1 fully saturated rings. The summed E-state index contributed by atoms with van der Waals surface area (Å²) in [6, 6.07) is 13.6. The Morgan fingerprint density at radius 1 is 0.938 bits per heavy atom. The van der Waals surface area contributed by atoms with Crippen LogP contribution in [0, 0.1) is 0 Å². The normalized spacial score (nSPS) is 16.8. The lowest BCUT2D eigenvalue weighted by molar-refractivity contribution is 0.0649. The van der Waals surface area contributed by atoms with E-state index in [1.807, 2.05) is 0 Å². The van der Waals surface area contributed by atoms with Crippen molar-refractivity contribution in [2.75, 3.05) is 51.3 Å². The van der Waals surface area contributed by atoms with Gasteiger partial charge >= 0.3 is 0 Å². The minimum absolute atomic E-state index is 0.215. The summed E-state index contributed by atoms with van der Waals surface area (Å²) in [4.78, 5) is 31.6. The fourth-order valence-electron chi connectivity index (χ4n) is 4.56. The Bertz CT molecular complexity index is 1150. The summed E-state index contributed by atoms with van der Waals surface area (Å²) in [5, 5.41) is 1.24. The molecule has 2 amide bonds. The van der Waals surface area contributed by atoms with Crippen LogP contribution in [-0.4, -0.2) is 72.4 Å². The number of nitrogens with zero attached hydrogens (tertiary/aromatic N) is 4. The lowest BCUT2D eigenvalue weighted by atomic mass is 10.1. The number of methoxy groups -OCH3 is 1. The lowest BCUT2D eigenvalue weighted by Crippen LogP contribution is -2.46. The average Bonchev–Trinajstić information content (AvgIpc) is 3.37. The molecule has 1 saturated heterocycles. The third-order valence-electron chi connectivity index (χ3n) is 6.32. The van der Waals surface area contributed by atoms with Gasteiger partial charge in [-0.15, -0.1) is 0 Å². The van der Waals surface area contributed by atoms with E-state index < -0.39 is 0 Å². The van der Waals surface area contributed by atoms with E-state index in [1.54, 1.807) is 29.7 Å². The van der Waals surface area contributed by atoms with Crippen molar-refractivity contribution in [2.45, 2.75) is 12.8 Å². The van der Waals surface area contributed by atoms with E-state index in [2.05, 4.69) is 38.4 Å². The largest absolute Gasteiger partial charge is 0.496 e. The molecule has 5 rings (SSSR count). The van der Waals surface area contributed by atoms with Crippen LogP contribution in [0.3, 0.4) is 0 Å². The number of piperazine rings is 1. The summed E-state index contributed by atoms with van der Waals surface area (Å²) in [6.45, 7) is 5.34.